The van der Waals surface area contributed by atoms with Crippen LogP contribution in [0.5, 0.6) is 0 Å². The third-order valence-electron chi connectivity index (χ3n) is 3.36. The second-order valence-electron chi connectivity index (χ2n) is 4.74. The van der Waals surface area contributed by atoms with Gasteiger partial charge in [-0.15, -0.1) is 31.4 Å². The molecule has 1 fully saturated rings. The SMILES string of the molecule is C=C[C@@H](c1cc(Cl)cc(C(F)(F)F)c1)N1CCNCC1.Cl.Cl. The first kappa shape index (κ1) is 21.5. The summed E-state index contributed by atoms with van der Waals surface area (Å²) in [6.45, 7) is 6.92. The summed E-state index contributed by atoms with van der Waals surface area (Å²) in [7, 11) is 0. The number of benzene rings is 1. The minimum absolute atomic E-state index is 0. The van der Waals surface area contributed by atoms with Crippen LogP contribution in [0.1, 0.15) is 17.2 Å². The van der Waals surface area contributed by atoms with Gasteiger partial charge in [-0.2, -0.15) is 13.2 Å². The molecule has 2 rings (SSSR count). The molecule has 0 aliphatic carbocycles. The Kier molecular flexibility index (Phi) is 8.80. The number of piperazine rings is 1. The van der Waals surface area contributed by atoms with E-state index in [1.165, 1.54) is 0 Å². The predicted octanol–water partition coefficient (Wildman–Crippen LogP) is 4.33. The van der Waals surface area contributed by atoms with Gasteiger partial charge in [0.05, 0.1) is 11.6 Å². The maximum Gasteiger partial charge on any atom is 0.416 e. The standard InChI is InChI=1S/C14H16ClF3N2.2ClH/c1-2-13(20-5-3-19-4-6-20)10-7-11(14(16,17)18)9-12(15)8-10;;/h2,7-9,13,19H,1,3-6H2;2*1H/t13-;;/m0../s1. The third kappa shape index (κ3) is 5.32. The summed E-state index contributed by atoms with van der Waals surface area (Å²) in [6, 6.07) is 3.42. The third-order valence-corrected chi connectivity index (χ3v) is 3.58. The summed E-state index contributed by atoms with van der Waals surface area (Å²) in [5.41, 5.74) is -0.191. The zero-order valence-corrected chi connectivity index (χ0v) is 14.1. The lowest BCUT2D eigenvalue weighted by Gasteiger charge is -2.33. The van der Waals surface area contributed by atoms with Crippen LogP contribution in [0.3, 0.4) is 0 Å². The van der Waals surface area contributed by atoms with Gasteiger partial charge in [0.1, 0.15) is 0 Å². The first-order chi connectivity index (χ1) is 9.41. The number of halogens is 6. The van der Waals surface area contributed by atoms with Crippen molar-refractivity contribution >= 4 is 36.4 Å². The van der Waals surface area contributed by atoms with Crippen molar-refractivity contribution < 1.29 is 13.2 Å². The molecule has 8 heteroatoms. The minimum Gasteiger partial charge on any atom is -0.314 e. The Hall–Kier alpha value is -0.460. The highest BCUT2D eigenvalue weighted by molar-refractivity contribution is 6.30. The van der Waals surface area contributed by atoms with E-state index in [-0.39, 0.29) is 35.9 Å². The van der Waals surface area contributed by atoms with Crippen molar-refractivity contribution in [3.05, 3.63) is 47.0 Å². The van der Waals surface area contributed by atoms with E-state index in [1.807, 2.05) is 0 Å². The van der Waals surface area contributed by atoms with Gasteiger partial charge in [-0.25, -0.2) is 0 Å². The van der Waals surface area contributed by atoms with Crippen LogP contribution in [-0.2, 0) is 6.18 Å². The van der Waals surface area contributed by atoms with Crippen LogP contribution in [0.25, 0.3) is 0 Å². The quantitative estimate of drug-likeness (QED) is 0.789. The van der Waals surface area contributed by atoms with Crippen LogP contribution in [0.4, 0.5) is 13.2 Å². The Bertz CT molecular complexity index is 489. The van der Waals surface area contributed by atoms with Crippen LogP contribution < -0.4 is 5.32 Å². The summed E-state index contributed by atoms with van der Waals surface area (Å²) in [6.07, 6.45) is -2.73. The smallest absolute Gasteiger partial charge is 0.314 e. The van der Waals surface area contributed by atoms with Gasteiger partial charge >= 0.3 is 6.18 Å². The van der Waals surface area contributed by atoms with Crippen molar-refractivity contribution in [3.63, 3.8) is 0 Å². The van der Waals surface area contributed by atoms with E-state index in [0.717, 1.165) is 38.3 Å². The second-order valence-corrected chi connectivity index (χ2v) is 5.17. The molecule has 1 saturated heterocycles. The van der Waals surface area contributed by atoms with E-state index in [1.54, 1.807) is 12.1 Å². The molecule has 0 saturated carbocycles. The molecular formula is C14H18Cl3F3N2. The highest BCUT2D eigenvalue weighted by Gasteiger charge is 2.32. The van der Waals surface area contributed by atoms with Crippen molar-refractivity contribution in [3.8, 4) is 0 Å². The Morgan fingerprint density at radius 2 is 1.77 bits per heavy atom. The van der Waals surface area contributed by atoms with Crippen molar-refractivity contribution in [2.24, 2.45) is 0 Å². The van der Waals surface area contributed by atoms with E-state index < -0.39 is 11.7 Å². The number of rotatable bonds is 3. The lowest BCUT2D eigenvalue weighted by molar-refractivity contribution is -0.137. The molecular weight excluding hydrogens is 360 g/mol. The first-order valence-electron chi connectivity index (χ1n) is 6.37. The summed E-state index contributed by atoms with van der Waals surface area (Å²) in [4.78, 5) is 2.09. The highest BCUT2D eigenvalue weighted by atomic mass is 35.5. The number of hydrogen-bond donors (Lipinski definition) is 1. The van der Waals surface area contributed by atoms with E-state index in [9.17, 15) is 13.2 Å². The fraction of sp³-hybridized carbons (Fsp3) is 0.429. The van der Waals surface area contributed by atoms with Gasteiger partial charge in [0.25, 0.3) is 0 Å². The van der Waals surface area contributed by atoms with Crippen LogP contribution in [-0.4, -0.2) is 31.1 Å². The van der Waals surface area contributed by atoms with Gasteiger partial charge in [0.2, 0.25) is 0 Å². The number of nitrogens with zero attached hydrogens (tertiary/aromatic N) is 1. The van der Waals surface area contributed by atoms with Gasteiger partial charge < -0.3 is 5.32 Å². The molecule has 2 nitrogen and oxygen atoms in total. The summed E-state index contributed by atoms with van der Waals surface area (Å²) < 4.78 is 38.5. The molecule has 1 aliphatic rings. The van der Waals surface area contributed by atoms with Crippen molar-refractivity contribution in [2.45, 2.75) is 12.2 Å². The summed E-state index contributed by atoms with van der Waals surface area (Å²) >= 11 is 5.83. The van der Waals surface area contributed by atoms with Crippen LogP contribution in [0.15, 0.2) is 30.9 Å². The van der Waals surface area contributed by atoms with Crippen LogP contribution in [0.2, 0.25) is 5.02 Å². The molecule has 0 radical (unpaired) electrons. The van der Waals surface area contributed by atoms with Crippen LogP contribution >= 0.6 is 36.4 Å². The molecule has 1 atom stereocenters. The van der Waals surface area contributed by atoms with Crippen molar-refractivity contribution in [1.29, 1.82) is 0 Å². The molecule has 1 heterocycles. The van der Waals surface area contributed by atoms with E-state index >= 15 is 0 Å². The molecule has 1 aromatic rings. The molecule has 0 unspecified atom stereocenters. The fourth-order valence-corrected chi connectivity index (χ4v) is 2.65. The molecule has 0 amide bonds. The normalized spacial score (nSPS) is 17.1. The maximum atomic E-state index is 12.8. The molecule has 1 aromatic carbocycles. The average molecular weight is 378 g/mol. The second kappa shape index (κ2) is 8.99. The van der Waals surface area contributed by atoms with Gasteiger partial charge in [-0.05, 0) is 23.8 Å². The Morgan fingerprint density at radius 3 is 2.27 bits per heavy atom. The van der Waals surface area contributed by atoms with E-state index in [4.69, 9.17) is 11.6 Å². The largest absolute Gasteiger partial charge is 0.416 e. The topological polar surface area (TPSA) is 15.3 Å². The molecule has 1 N–H and O–H groups in total. The average Bonchev–Trinajstić information content (AvgIpc) is 2.39. The van der Waals surface area contributed by atoms with Gasteiger partial charge in [0, 0.05) is 31.2 Å². The van der Waals surface area contributed by atoms with Crippen LogP contribution in [0, 0.1) is 0 Å². The number of alkyl halides is 3. The van der Waals surface area contributed by atoms with E-state index in [2.05, 4.69) is 16.8 Å². The first-order valence-corrected chi connectivity index (χ1v) is 6.74. The number of hydrogen-bond acceptors (Lipinski definition) is 2. The summed E-state index contributed by atoms with van der Waals surface area (Å²) in [5, 5.41) is 3.30. The maximum absolute atomic E-state index is 12.8. The monoisotopic (exact) mass is 376 g/mol. The van der Waals surface area contributed by atoms with Gasteiger partial charge in [-0.3, -0.25) is 4.90 Å². The molecule has 1 aliphatic heterocycles. The van der Waals surface area contributed by atoms with Crippen molar-refractivity contribution in [2.75, 3.05) is 26.2 Å². The highest BCUT2D eigenvalue weighted by Crippen LogP contribution is 2.34. The minimum atomic E-state index is -4.39. The molecule has 126 valence electrons. The lowest BCUT2D eigenvalue weighted by atomic mass is 10.0. The van der Waals surface area contributed by atoms with Crippen molar-refractivity contribution in [1.82, 2.24) is 10.2 Å². The predicted molar refractivity (Wildman–Crippen MR) is 88.3 cm³/mol. The Balaban J connectivity index is 0.00000220. The molecule has 22 heavy (non-hydrogen) atoms. The lowest BCUT2D eigenvalue weighted by Crippen LogP contribution is -2.44. The zero-order valence-electron chi connectivity index (χ0n) is 11.7. The zero-order chi connectivity index (χ0) is 14.8. The van der Waals surface area contributed by atoms with E-state index in [0.29, 0.717) is 5.56 Å². The molecule has 0 spiro atoms. The fourth-order valence-electron chi connectivity index (χ4n) is 2.40. The molecule has 0 aromatic heterocycles. The Labute approximate surface area is 145 Å². The Morgan fingerprint density at radius 1 is 1.18 bits per heavy atom. The number of nitrogens with one attached hydrogen (secondary N) is 1. The summed E-state index contributed by atoms with van der Waals surface area (Å²) in [5.74, 6) is 0. The molecule has 0 bridgehead atoms. The van der Waals surface area contributed by atoms with Gasteiger partial charge in [-0.1, -0.05) is 17.7 Å². The van der Waals surface area contributed by atoms with Gasteiger partial charge in [0.15, 0.2) is 0 Å².